The van der Waals surface area contributed by atoms with Crippen molar-refractivity contribution in [3.63, 3.8) is 0 Å². The highest BCUT2D eigenvalue weighted by Gasteiger charge is 2.09. The Labute approximate surface area is 117 Å². The van der Waals surface area contributed by atoms with E-state index in [1.807, 2.05) is 6.92 Å². The fraction of sp³-hybridized carbons (Fsp3) is 0.188. The molecule has 2 aromatic carbocycles. The van der Waals surface area contributed by atoms with E-state index in [2.05, 4.69) is 0 Å². The molecule has 1 N–H and O–H groups in total. The van der Waals surface area contributed by atoms with Gasteiger partial charge in [-0.1, -0.05) is 6.07 Å². The SMILES string of the molecule is COc1cc(CO)ccc1Oc1ccc(C=O)cc1C. The van der Waals surface area contributed by atoms with Gasteiger partial charge in [-0.2, -0.15) is 0 Å². The summed E-state index contributed by atoms with van der Waals surface area (Å²) in [6, 6.07) is 10.5. The first-order chi connectivity index (χ1) is 9.67. The van der Waals surface area contributed by atoms with Gasteiger partial charge in [-0.25, -0.2) is 0 Å². The summed E-state index contributed by atoms with van der Waals surface area (Å²) in [5.74, 6) is 1.77. The lowest BCUT2D eigenvalue weighted by Crippen LogP contribution is -1.94. The smallest absolute Gasteiger partial charge is 0.169 e. The third kappa shape index (κ3) is 2.97. The van der Waals surface area contributed by atoms with E-state index in [-0.39, 0.29) is 6.61 Å². The molecular formula is C16H16O4. The number of rotatable bonds is 5. The average Bonchev–Trinajstić information content (AvgIpc) is 2.49. The lowest BCUT2D eigenvalue weighted by Gasteiger charge is -2.13. The summed E-state index contributed by atoms with van der Waals surface area (Å²) in [6.45, 7) is 1.82. The Kier molecular flexibility index (Phi) is 4.38. The van der Waals surface area contributed by atoms with Crippen LogP contribution in [0, 0.1) is 6.92 Å². The molecule has 0 unspecified atom stereocenters. The Morgan fingerprint density at radius 2 is 1.85 bits per heavy atom. The Morgan fingerprint density at radius 3 is 2.45 bits per heavy atom. The second kappa shape index (κ2) is 6.21. The van der Waals surface area contributed by atoms with Gasteiger partial charge in [-0.15, -0.1) is 0 Å². The zero-order valence-electron chi connectivity index (χ0n) is 11.4. The normalized spacial score (nSPS) is 10.2. The number of hydrogen-bond acceptors (Lipinski definition) is 4. The standard InChI is InChI=1S/C16H16O4/c1-11-7-12(9-17)3-5-14(11)20-15-6-4-13(10-18)8-16(15)19-2/h3-9,18H,10H2,1-2H3. The topological polar surface area (TPSA) is 55.8 Å². The molecule has 104 valence electrons. The van der Waals surface area contributed by atoms with Crippen LogP contribution in [0.2, 0.25) is 0 Å². The predicted molar refractivity (Wildman–Crippen MR) is 75.6 cm³/mol. The number of ether oxygens (including phenoxy) is 2. The summed E-state index contributed by atoms with van der Waals surface area (Å²) in [5.41, 5.74) is 2.22. The highest BCUT2D eigenvalue weighted by Crippen LogP contribution is 2.33. The van der Waals surface area contributed by atoms with Crippen molar-refractivity contribution in [1.82, 2.24) is 0 Å². The monoisotopic (exact) mass is 272 g/mol. The summed E-state index contributed by atoms with van der Waals surface area (Å²) < 4.78 is 11.1. The Bertz CT molecular complexity index is 620. The number of aldehydes is 1. The number of aliphatic hydroxyl groups excluding tert-OH is 1. The number of carbonyl (C=O) groups is 1. The average molecular weight is 272 g/mol. The van der Waals surface area contributed by atoms with Crippen molar-refractivity contribution in [3.8, 4) is 17.2 Å². The third-order valence-electron chi connectivity index (χ3n) is 2.97. The first kappa shape index (κ1) is 14.1. The van der Waals surface area contributed by atoms with Crippen LogP contribution in [0.25, 0.3) is 0 Å². The van der Waals surface area contributed by atoms with Crippen molar-refractivity contribution in [2.45, 2.75) is 13.5 Å². The van der Waals surface area contributed by atoms with Crippen molar-refractivity contribution < 1.29 is 19.4 Å². The zero-order valence-corrected chi connectivity index (χ0v) is 11.4. The van der Waals surface area contributed by atoms with E-state index in [0.717, 1.165) is 17.4 Å². The molecule has 0 saturated carbocycles. The van der Waals surface area contributed by atoms with Gasteiger partial charge in [0.2, 0.25) is 0 Å². The second-order valence-electron chi connectivity index (χ2n) is 4.39. The van der Waals surface area contributed by atoms with Crippen LogP contribution >= 0.6 is 0 Å². The lowest BCUT2D eigenvalue weighted by atomic mass is 10.1. The van der Waals surface area contributed by atoms with Gasteiger partial charge in [0, 0.05) is 5.56 Å². The van der Waals surface area contributed by atoms with Gasteiger partial charge in [-0.05, 0) is 48.4 Å². The summed E-state index contributed by atoms with van der Waals surface area (Å²) in [5, 5.41) is 9.11. The van der Waals surface area contributed by atoms with E-state index in [9.17, 15) is 4.79 Å². The molecule has 0 aromatic heterocycles. The largest absolute Gasteiger partial charge is 0.493 e. The van der Waals surface area contributed by atoms with Crippen LogP contribution in [0.4, 0.5) is 0 Å². The van der Waals surface area contributed by atoms with Crippen LogP contribution in [0.15, 0.2) is 36.4 Å². The number of benzene rings is 2. The number of methoxy groups -OCH3 is 1. The summed E-state index contributed by atoms with van der Waals surface area (Å²) >= 11 is 0. The van der Waals surface area contributed by atoms with Crippen LogP contribution in [-0.2, 0) is 6.61 Å². The van der Waals surface area contributed by atoms with Crippen molar-refractivity contribution in [2.75, 3.05) is 7.11 Å². The molecular weight excluding hydrogens is 256 g/mol. The molecule has 0 atom stereocenters. The van der Waals surface area contributed by atoms with E-state index in [1.54, 1.807) is 43.5 Å². The van der Waals surface area contributed by atoms with Gasteiger partial charge in [0.1, 0.15) is 12.0 Å². The first-order valence-electron chi connectivity index (χ1n) is 6.19. The van der Waals surface area contributed by atoms with Gasteiger partial charge < -0.3 is 14.6 Å². The van der Waals surface area contributed by atoms with E-state index in [0.29, 0.717) is 22.8 Å². The van der Waals surface area contributed by atoms with E-state index in [1.165, 1.54) is 0 Å². The van der Waals surface area contributed by atoms with E-state index in [4.69, 9.17) is 14.6 Å². The molecule has 0 saturated heterocycles. The van der Waals surface area contributed by atoms with Crippen molar-refractivity contribution in [1.29, 1.82) is 0 Å². The molecule has 0 heterocycles. The minimum Gasteiger partial charge on any atom is -0.493 e. The van der Waals surface area contributed by atoms with Crippen molar-refractivity contribution in [2.24, 2.45) is 0 Å². The molecule has 2 rings (SSSR count). The van der Waals surface area contributed by atoms with E-state index < -0.39 is 0 Å². The Morgan fingerprint density at radius 1 is 1.10 bits per heavy atom. The third-order valence-corrected chi connectivity index (χ3v) is 2.97. The molecule has 4 nitrogen and oxygen atoms in total. The Hall–Kier alpha value is -2.33. The lowest BCUT2D eigenvalue weighted by molar-refractivity contribution is 0.112. The molecule has 0 aliphatic carbocycles. The number of hydrogen-bond donors (Lipinski definition) is 1. The molecule has 0 bridgehead atoms. The van der Waals surface area contributed by atoms with Gasteiger partial charge >= 0.3 is 0 Å². The van der Waals surface area contributed by atoms with Gasteiger partial charge in [0.15, 0.2) is 11.5 Å². The predicted octanol–water partition coefficient (Wildman–Crippen LogP) is 3.10. The molecule has 20 heavy (non-hydrogen) atoms. The first-order valence-corrected chi connectivity index (χ1v) is 6.19. The molecule has 0 aliphatic rings. The van der Waals surface area contributed by atoms with Crippen LogP contribution < -0.4 is 9.47 Å². The summed E-state index contributed by atoms with van der Waals surface area (Å²) in [6.07, 6.45) is 0.799. The second-order valence-corrected chi connectivity index (χ2v) is 4.39. The number of carbonyl (C=O) groups excluding carboxylic acids is 1. The van der Waals surface area contributed by atoms with Gasteiger partial charge in [0.25, 0.3) is 0 Å². The quantitative estimate of drug-likeness (QED) is 0.850. The van der Waals surface area contributed by atoms with Crippen LogP contribution in [0.3, 0.4) is 0 Å². The van der Waals surface area contributed by atoms with Crippen LogP contribution in [0.1, 0.15) is 21.5 Å². The molecule has 4 heteroatoms. The minimum atomic E-state index is -0.0519. The maximum Gasteiger partial charge on any atom is 0.169 e. The van der Waals surface area contributed by atoms with Gasteiger partial charge in [0.05, 0.1) is 13.7 Å². The summed E-state index contributed by atoms with van der Waals surface area (Å²) in [4.78, 5) is 10.7. The molecule has 2 aromatic rings. The van der Waals surface area contributed by atoms with Crippen LogP contribution in [-0.4, -0.2) is 18.5 Å². The molecule has 0 radical (unpaired) electrons. The molecule has 0 aliphatic heterocycles. The van der Waals surface area contributed by atoms with Crippen molar-refractivity contribution in [3.05, 3.63) is 53.1 Å². The highest BCUT2D eigenvalue weighted by atomic mass is 16.5. The highest BCUT2D eigenvalue weighted by molar-refractivity contribution is 5.75. The fourth-order valence-corrected chi connectivity index (χ4v) is 1.87. The summed E-state index contributed by atoms with van der Waals surface area (Å²) in [7, 11) is 1.55. The van der Waals surface area contributed by atoms with Crippen molar-refractivity contribution >= 4 is 6.29 Å². The maximum atomic E-state index is 10.7. The van der Waals surface area contributed by atoms with E-state index >= 15 is 0 Å². The zero-order chi connectivity index (χ0) is 14.5. The Balaban J connectivity index is 2.32. The molecule has 0 fully saturated rings. The molecule has 0 amide bonds. The minimum absolute atomic E-state index is 0.0519. The molecule has 0 spiro atoms. The van der Waals surface area contributed by atoms with Crippen LogP contribution in [0.5, 0.6) is 17.2 Å². The maximum absolute atomic E-state index is 10.7. The van der Waals surface area contributed by atoms with Gasteiger partial charge in [-0.3, -0.25) is 4.79 Å². The number of aryl methyl sites for hydroxylation is 1. The fourth-order valence-electron chi connectivity index (χ4n) is 1.87. The number of aliphatic hydroxyl groups is 1.